The summed E-state index contributed by atoms with van der Waals surface area (Å²) in [6.07, 6.45) is 0. The minimum atomic E-state index is -0.969. The number of carboxylic acid groups (broad SMARTS) is 1. The zero-order chi connectivity index (χ0) is 20.2. The van der Waals surface area contributed by atoms with Crippen LogP contribution in [-0.4, -0.2) is 52.1 Å². The Bertz CT molecular complexity index is 615. The highest BCUT2D eigenvalue weighted by Gasteiger charge is 2.70. The Morgan fingerprint density at radius 3 is 2.08 bits per heavy atom. The largest absolute Gasteiger partial charge is 0.480 e. The van der Waals surface area contributed by atoms with Crippen molar-refractivity contribution in [2.75, 3.05) is 6.54 Å². The molecule has 1 saturated heterocycles. The van der Waals surface area contributed by atoms with Gasteiger partial charge in [0.05, 0.1) is 0 Å². The van der Waals surface area contributed by atoms with Gasteiger partial charge in [0.1, 0.15) is 12.1 Å². The number of amides is 3. The van der Waals surface area contributed by atoms with Crippen LogP contribution in [0.2, 0.25) is 0 Å². The van der Waals surface area contributed by atoms with Gasteiger partial charge in [0.2, 0.25) is 5.91 Å². The molecule has 0 unspecified atom stereocenters. The van der Waals surface area contributed by atoms with Crippen LogP contribution in [0.15, 0.2) is 0 Å². The average Bonchev–Trinajstić information content (AvgIpc) is 2.81. The van der Waals surface area contributed by atoms with E-state index in [1.54, 1.807) is 0 Å². The van der Waals surface area contributed by atoms with Crippen molar-refractivity contribution in [3.05, 3.63) is 0 Å². The standard InChI is InChI=1S/C19H33N3O4/c1-17(2,3)13(20-16(26)21-18(4,5)6)14(23)22-9-10-11(19(10,7)8)12(22)15(24)25/h10-13H,9H2,1-8H3,(H,24,25)(H2,20,21,26)/t10-,11-,12-,13+/m0/s1. The van der Waals surface area contributed by atoms with E-state index in [9.17, 15) is 19.5 Å². The summed E-state index contributed by atoms with van der Waals surface area (Å²) >= 11 is 0. The molecular formula is C19H33N3O4. The van der Waals surface area contributed by atoms with Crippen molar-refractivity contribution in [3.63, 3.8) is 0 Å². The Morgan fingerprint density at radius 2 is 1.65 bits per heavy atom. The van der Waals surface area contributed by atoms with Gasteiger partial charge in [-0.3, -0.25) is 4.79 Å². The van der Waals surface area contributed by atoms with Crippen molar-refractivity contribution >= 4 is 17.9 Å². The number of fused-ring (bicyclic) bond motifs is 1. The van der Waals surface area contributed by atoms with Gasteiger partial charge in [0.15, 0.2) is 0 Å². The fourth-order valence-corrected chi connectivity index (χ4v) is 4.12. The topological polar surface area (TPSA) is 98.7 Å². The van der Waals surface area contributed by atoms with Crippen LogP contribution in [0.25, 0.3) is 0 Å². The molecule has 0 spiro atoms. The number of aliphatic carboxylic acids is 1. The second-order valence-electron chi connectivity index (χ2n) is 10.4. The number of nitrogens with one attached hydrogen (secondary N) is 2. The van der Waals surface area contributed by atoms with Gasteiger partial charge in [-0.15, -0.1) is 0 Å². The Hall–Kier alpha value is -1.79. The first-order chi connectivity index (χ1) is 11.6. The number of hydrogen-bond acceptors (Lipinski definition) is 3. The van der Waals surface area contributed by atoms with Crippen LogP contribution in [0.5, 0.6) is 0 Å². The Kier molecular flexibility index (Phi) is 4.84. The van der Waals surface area contributed by atoms with E-state index in [2.05, 4.69) is 24.5 Å². The lowest BCUT2D eigenvalue weighted by molar-refractivity contribution is -0.152. The Labute approximate surface area is 155 Å². The van der Waals surface area contributed by atoms with Gasteiger partial charge in [0.25, 0.3) is 0 Å². The summed E-state index contributed by atoms with van der Waals surface area (Å²) in [5.74, 6) is -1.11. The van der Waals surface area contributed by atoms with Crippen molar-refractivity contribution in [1.82, 2.24) is 15.5 Å². The van der Waals surface area contributed by atoms with Crippen LogP contribution >= 0.6 is 0 Å². The highest BCUT2D eigenvalue weighted by Crippen LogP contribution is 2.64. The maximum absolute atomic E-state index is 13.2. The predicted octanol–water partition coefficient (Wildman–Crippen LogP) is 2.07. The first-order valence-corrected chi connectivity index (χ1v) is 9.19. The zero-order valence-electron chi connectivity index (χ0n) is 17.1. The lowest BCUT2D eigenvalue weighted by atomic mass is 9.85. The third kappa shape index (κ3) is 3.81. The number of nitrogens with zero attached hydrogens (tertiary/aromatic N) is 1. The van der Waals surface area contributed by atoms with E-state index in [-0.39, 0.29) is 23.2 Å². The molecule has 0 bridgehead atoms. The van der Waals surface area contributed by atoms with Crippen molar-refractivity contribution in [2.45, 2.75) is 73.0 Å². The minimum absolute atomic E-state index is 0.0204. The Balaban J connectivity index is 2.20. The number of rotatable bonds is 3. The second-order valence-corrected chi connectivity index (χ2v) is 10.4. The third-order valence-corrected chi connectivity index (χ3v) is 5.62. The molecule has 0 aromatic heterocycles. The van der Waals surface area contributed by atoms with E-state index >= 15 is 0 Å². The first-order valence-electron chi connectivity index (χ1n) is 9.19. The molecule has 3 amide bonds. The molecule has 0 aromatic carbocycles. The SMILES string of the molecule is CC(C)(C)NC(=O)N[C@H](C(=O)N1C[C@H]2[C@@H]([C@H]1C(=O)O)C2(C)C)C(C)(C)C. The van der Waals surface area contributed by atoms with Crippen LogP contribution in [0.3, 0.4) is 0 Å². The summed E-state index contributed by atoms with van der Waals surface area (Å²) in [6, 6.07) is -2.05. The number of hydrogen-bond donors (Lipinski definition) is 3. The number of carboxylic acids is 1. The summed E-state index contributed by atoms with van der Waals surface area (Å²) in [5, 5.41) is 15.2. The molecule has 2 fully saturated rings. The molecule has 2 aliphatic rings. The molecule has 1 heterocycles. The van der Waals surface area contributed by atoms with E-state index < -0.39 is 35.0 Å². The predicted molar refractivity (Wildman–Crippen MR) is 98.6 cm³/mol. The number of carbonyl (C=O) groups is 3. The number of likely N-dealkylation sites (tertiary alicyclic amines) is 1. The molecule has 2 rings (SSSR count). The lowest BCUT2D eigenvalue weighted by Gasteiger charge is -2.37. The van der Waals surface area contributed by atoms with Gasteiger partial charge in [-0.05, 0) is 37.5 Å². The minimum Gasteiger partial charge on any atom is -0.480 e. The molecule has 0 radical (unpaired) electrons. The van der Waals surface area contributed by atoms with Crippen LogP contribution in [0, 0.1) is 22.7 Å². The highest BCUT2D eigenvalue weighted by atomic mass is 16.4. The molecule has 4 atom stereocenters. The van der Waals surface area contributed by atoms with Gasteiger partial charge in [-0.1, -0.05) is 34.6 Å². The maximum atomic E-state index is 13.2. The smallest absolute Gasteiger partial charge is 0.326 e. The summed E-state index contributed by atoms with van der Waals surface area (Å²) in [6.45, 7) is 15.7. The van der Waals surface area contributed by atoms with Crippen molar-refractivity contribution in [3.8, 4) is 0 Å². The molecule has 7 nitrogen and oxygen atoms in total. The van der Waals surface area contributed by atoms with E-state index in [0.717, 1.165) is 0 Å². The second kappa shape index (κ2) is 6.13. The number of carbonyl (C=O) groups excluding carboxylic acids is 2. The first kappa shape index (κ1) is 20.5. The fourth-order valence-electron chi connectivity index (χ4n) is 4.12. The van der Waals surface area contributed by atoms with Gasteiger partial charge >= 0.3 is 12.0 Å². The van der Waals surface area contributed by atoms with Crippen LogP contribution < -0.4 is 10.6 Å². The van der Waals surface area contributed by atoms with Gasteiger partial charge < -0.3 is 20.6 Å². The number of urea groups is 1. The van der Waals surface area contributed by atoms with Crippen molar-refractivity contribution in [2.24, 2.45) is 22.7 Å². The van der Waals surface area contributed by atoms with Gasteiger partial charge in [0, 0.05) is 18.0 Å². The van der Waals surface area contributed by atoms with Gasteiger partial charge in [-0.2, -0.15) is 0 Å². The summed E-state index contributed by atoms with van der Waals surface area (Å²) in [7, 11) is 0. The molecule has 3 N–H and O–H groups in total. The summed E-state index contributed by atoms with van der Waals surface area (Å²) < 4.78 is 0. The summed E-state index contributed by atoms with van der Waals surface area (Å²) in [4.78, 5) is 38.8. The quantitative estimate of drug-likeness (QED) is 0.711. The Morgan fingerprint density at radius 1 is 1.12 bits per heavy atom. The van der Waals surface area contributed by atoms with Crippen LogP contribution in [0.4, 0.5) is 4.79 Å². The molecule has 148 valence electrons. The van der Waals surface area contributed by atoms with Crippen LogP contribution in [-0.2, 0) is 9.59 Å². The van der Waals surface area contributed by atoms with Crippen molar-refractivity contribution < 1.29 is 19.5 Å². The molecule has 1 aliphatic carbocycles. The molecular weight excluding hydrogens is 334 g/mol. The highest BCUT2D eigenvalue weighted by molar-refractivity contribution is 5.92. The molecule has 7 heteroatoms. The van der Waals surface area contributed by atoms with Gasteiger partial charge in [-0.25, -0.2) is 9.59 Å². The monoisotopic (exact) mass is 367 g/mol. The van der Waals surface area contributed by atoms with Crippen LogP contribution in [0.1, 0.15) is 55.4 Å². The lowest BCUT2D eigenvalue weighted by Crippen LogP contribution is -2.60. The molecule has 26 heavy (non-hydrogen) atoms. The normalized spacial score (nSPS) is 28.2. The number of piperidine rings is 1. The summed E-state index contributed by atoms with van der Waals surface area (Å²) in [5.41, 5.74) is -1.02. The maximum Gasteiger partial charge on any atom is 0.326 e. The average molecular weight is 367 g/mol. The van der Waals surface area contributed by atoms with Crippen molar-refractivity contribution in [1.29, 1.82) is 0 Å². The molecule has 1 saturated carbocycles. The van der Waals surface area contributed by atoms with E-state index in [4.69, 9.17) is 0 Å². The van der Waals surface area contributed by atoms with E-state index in [0.29, 0.717) is 6.54 Å². The van der Waals surface area contributed by atoms with E-state index in [1.807, 2.05) is 41.5 Å². The molecule has 0 aromatic rings. The fraction of sp³-hybridized carbons (Fsp3) is 0.842. The molecule has 1 aliphatic heterocycles. The van der Waals surface area contributed by atoms with E-state index in [1.165, 1.54) is 4.90 Å². The third-order valence-electron chi connectivity index (χ3n) is 5.62. The zero-order valence-corrected chi connectivity index (χ0v) is 17.1.